The van der Waals surface area contributed by atoms with Crippen LogP contribution in [-0.2, 0) is 16.0 Å². The molecule has 2 rings (SSSR count). The second-order valence-corrected chi connectivity index (χ2v) is 7.03. The lowest BCUT2D eigenvalue weighted by atomic mass is 10.1. The van der Waals surface area contributed by atoms with Crippen LogP contribution in [0.5, 0.6) is 5.75 Å². The Balaban J connectivity index is 2.15. The number of halogens is 1. The van der Waals surface area contributed by atoms with E-state index in [0.717, 1.165) is 0 Å². The highest BCUT2D eigenvalue weighted by atomic mass is 35.5. The molecule has 116 valence electrons. The largest absolute Gasteiger partial charge is 0.606 e. The first kappa shape index (κ1) is 16.7. The summed E-state index contributed by atoms with van der Waals surface area (Å²) in [6.45, 7) is 2.93. The van der Waals surface area contributed by atoms with Gasteiger partial charge in [0, 0.05) is 16.2 Å². The summed E-state index contributed by atoms with van der Waals surface area (Å²) in [5.41, 5.74) is -1.32. The highest BCUT2D eigenvalue weighted by Gasteiger charge is 2.29. The predicted octanol–water partition coefficient (Wildman–Crippen LogP) is 3.75. The fourth-order valence-electron chi connectivity index (χ4n) is 1.66. The van der Waals surface area contributed by atoms with Crippen LogP contribution in [0.1, 0.15) is 13.8 Å². The Morgan fingerprint density at radius 1 is 1.09 bits per heavy atom. The van der Waals surface area contributed by atoms with E-state index < -0.39 is 22.7 Å². The van der Waals surface area contributed by atoms with Crippen molar-refractivity contribution in [1.82, 2.24) is 0 Å². The second kappa shape index (κ2) is 6.60. The van der Waals surface area contributed by atoms with Crippen LogP contribution < -0.4 is 4.74 Å². The molecule has 0 aliphatic rings. The van der Waals surface area contributed by atoms with E-state index in [2.05, 4.69) is 0 Å². The molecule has 0 aliphatic heterocycles. The van der Waals surface area contributed by atoms with Gasteiger partial charge in [-0.1, -0.05) is 11.6 Å². The summed E-state index contributed by atoms with van der Waals surface area (Å²) in [4.78, 5) is 12.3. The zero-order chi connectivity index (χ0) is 16.3. The average molecular weight is 339 g/mol. The molecule has 0 aliphatic carbocycles. The lowest BCUT2D eigenvalue weighted by molar-refractivity contribution is -0.152. The molecule has 0 heterocycles. The molecule has 0 bridgehead atoms. The lowest BCUT2D eigenvalue weighted by Crippen LogP contribution is -2.37. The van der Waals surface area contributed by atoms with E-state index in [0.29, 0.717) is 20.6 Å². The van der Waals surface area contributed by atoms with Crippen molar-refractivity contribution in [2.45, 2.75) is 29.2 Å². The molecule has 0 radical (unpaired) electrons. The van der Waals surface area contributed by atoms with Gasteiger partial charge in [-0.05, 0) is 62.4 Å². The number of carbonyl (C=O) groups is 1. The van der Waals surface area contributed by atoms with Gasteiger partial charge >= 0.3 is 5.97 Å². The first-order chi connectivity index (χ1) is 10.3. The Hall–Kier alpha value is -1.69. The normalized spacial score (nSPS) is 12.7. The van der Waals surface area contributed by atoms with E-state index in [1.165, 1.54) is 13.8 Å². The second-order valence-electron chi connectivity index (χ2n) is 5.11. The number of hydrogen-bond acceptors (Lipinski definition) is 3. The molecule has 1 N–H and O–H groups in total. The van der Waals surface area contributed by atoms with Crippen molar-refractivity contribution in [3.05, 3.63) is 53.6 Å². The minimum atomic E-state index is -1.33. The van der Waals surface area contributed by atoms with Crippen molar-refractivity contribution in [3.63, 3.8) is 0 Å². The zero-order valence-electron chi connectivity index (χ0n) is 12.1. The van der Waals surface area contributed by atoms with Crippen molar-refractivity contribution in [2.24, 2.45) is 0 Å². The molecule has 0 amide bonds. The topological polar surface area (TPSA) is 69.6 Å². The Labute approximate surface area is 136 Å². The van der Waals surface area contributed by atoms with E-state index in [9.17, 15) is 9.35 Å². The van der Waals surface area contributed by atoms with Crippen LogP contribution in [0.3, 0.4) is 0 Å². The van der Waals surface area contributed by atoms with Gasteiger partial charge in [-0.2, -0.15) is 0 Å². The third kappa shape index (κ3) is 3.94. The summed E-state index contributed by atoms with van der Waals surface area (Å²) in [5.74, 6) is -0.648. The maximum absolute atomic E-state index is 12.4. The molecule has 2 aromatic rings. The van der Waals surface area contributed by atoms with Crippen LogP contribution in [0.15, 0.2) is 58.3 Å². The minimum Gasteiger partial charge on any atom is -0.606 e. The standard InChI is InChI=1S/C16H15ClO4S/c1-16(2,15(18)19)21-12-5-9-14(10-6-12)22(20)13-7-3-11(17)4-8-13/h3-10H,1-2H3,(H,18,19). The summed E-state index contributed by atoms with van der Waals surface area (Å²) in [6.07, 6.45) is 0. The van der Waals surface area contributed by atoms with E-state index in [-0.39, 0.29) is 0 Å². The Kier molecular flexibility index (Phi) is 5.01. The van der Waals surface area contributed by atoms with Gasteiger partial charge in [0.1, 0.15) is 5.75 Å². The Morgan fingerprint density at radius 2 is 1.55 bits per heavy atom. The monoisotopic (exact) mass is 338 g/mol. The molecule has 4 nitrogen and oxygen atoms in total. The number of rotatable bonds is 5. The number of aliphatic carboxylic acids is 1. The van der Waals surface area contributed by atoms with Crippen molar-refractivity contribution >= 4 is 28.7 Å². The average Bonchev–Trinajstić information content (AvgIpc) is 2.47. The quantitative estimate of drug-likeness (QED) is 0.843. The van der Waals surface area contributed by atoms with E-state index in [1.807, 2.05) is 0 Å². The van der Waals surface area contributed by atoms with Crippen LogP contribution in [0.25, 0.3) is 0 Å². The summed E-state index contributed by atoms with van der Waals surface area (Å²) >= 11 is 4.48. The van der Waals surface area contributed by atoms with Crippen molar-refractivity contribution in [3.8, 4) is 5.75 Å². The molecule has 2 aromatic carbocycles. The van der Waals surface area contributed by atoms with Crippen molar-refractivity contribution < 1.29 is 19.2 Å². The fourth-order valence-corrected chi connectivity index (χ4v) is 2.83. The molecule has 0 saturated heterocycles. The molecule has 1 atom stereocenters. The van der Waals surface area contributed by atoms with Gasteiger partial charge in [0.25, 0.3) is 0 Å². The molecule has 22 heavy (non-hydrogen) atoms. The Morgan fingerprint density at radius 3 is 2.00 bits per heavy atom. The maximum Gasteiger partial charge on any atom is 0.347 e. The summed E-state index contributed by atoms with van der Waals surface area (Å²) in [5, 5.41) is 9.62. The lowest BCUT2D eigenvalue weighted by Gasteiger charge is -2.21. The smallest absolute Gasteiger partial charge is 0.347 e. The highest BCUT2D eigenvalue weighted by Crippen LogP contribution is 2.25. The third-order valence-corrected chi connectivity index (χ3v) is 4.61. The Bertz CT molecular complexity index is 653. The van der Waals surface area contributed by atoms with E-state index in [4.69, 9.17) is 21.4 Å². The molecule has 1 unspecified atom stereocenters. The molecule has 0 saturated carbocycles. The van der Waals surface area contributed by atoms with Crippen LogP contribution in [-0.4, -0.2) is 21.2 Å². The number of carboxylic acids is 1. The van der Waals surface area contributed by atoms with Crippen LogP contribution in [0.4, 0.5) is 0 Å². The van der Waals surface area contributed by atoms with Gasteiger partial charge in [-0.15, -0.1) is 0 Å². The molecule has 6 heteroatoms. The fraction of sp³-hybridized carbons (Fsp3) is 0.188. The molecular weight excluding hydrogens is 324 g/mol. The van der Waals surface area contributed by atoms with Gasteiger partial charge in [-0.3, -0.25) is 0 Å². The summed E-state index contributed by atoms with van der Waals surface area (Å²) < 4.78 is 17.8. The van der Waals surface area contributed by atoms with Gasteiger partial charge in [0.15, 0.2) is 15.4 Å². The van der Waals surface area contributed by atoms with E-state index >= 15 is 0 Å². The SMILES string of the molecule is CC(C)(Oc1ccc([S+]([O-])c2ccc(Cl)cc2)cc1)C(=O)O. The summed E-state index contributed by atoms with van der Waals surface area (Å²) in [6, 6.07) is 13.3. The number of ether oxygens (including phenoxy) is 1. The molecule has 0 aromatic heterocycles. The molecule has 0 spiro atoms. The van der Waals surface area contributed by atoms with E-state index in [1.54, 1.807) is 48.5 Å². The third-order valence-electron chi connectivity index (χ3n) is 2.95. The molecular formula is C16H15ClO4S. The van der Waals surface area contributed by atoms with Crippen LogP contribution >= 0.6 is 11.6 Å². The van der Waals surface area contributed by atoms with Gasteiger partial charge < -0.3 is 14.4 Å². The van der Waals surface area contributed by atoms with Gasteiger partial charge in [-0.25, -0.2) is 4.79 Å². The molecule has 0 fully saturated rings. The number of hydrogen-bond donors (Lipinski definition) is 1. The minimum absolute atomic E-state index is 0.407. The maximum atomic E-state index is 12.4. The summed E-state index contributed by atoms with van der Waals surface area (Å²) in [7, 11) is 0. The first-order valence-electron chi connectivity index (χ1n) is 6.49. The van der Waals surface area contributed by atoms with Crippen molar-refractivity contribution in [1.29, 1.82) is 0 Å². The zero-order valence-corrected chi connectivity index (χ0v) is 13.6. The van der Waals surface area contributed by atoms with Gasteiger partial charge in [0.05, 0.1) is 0 Å². The number of benzene rings is 2. The number of carboxylic acid groups (broad SMARTS) is 1. The first-order valence-corrected chi connectivity index (χ1v) is 8.02. The van der Waals surface area contributed by atoms with Gasteiger partial charge in [0.2, 0.25) is 0 Å². The highest BCUT2D eigenvalue weighted by molar-refractivity contribution is 7.91. The predicted molar refractivity (Wildman–Crippen MR) is 84.9 cm³/mol. The van der Waals surface area contributed by atoms with Crippen LogP contribution in [0, 0.1) is 0 Å². The van der Waals surface area contributed by atoms with Crippen molar-refractivity contribution in [2.75, 3.05) is 0 Å². The van der Waals surface area contributed by atoms with Crippen LogP contribution in [0.2, 0.25) is 5.02 Å².